The Morgan fingerprint density at radius 1 is 1.50 bits per heavy atom. The van der Waals surface area contributed by atoms with Crippen LogP contribution in [0.4, 0.5) is 5.13 Å². The van der Waals surface area contributed by atoms with Gasteiger partial charge in [0.1, 0.15) is 5.51 Å². The number of halogens is 1. The zero-order valence-corrected chi connectivity index (χ0v) is 13.3. The van der Waals surface area contributed by atoms with Crippen molar-refractivity contribution in [2.45, 2.75) is 12.5 Å². The van der Waals surface area contributed by atoms with Crippen molar-refractivity contribution in [1.82, 2.24) is 15.1 Å². The third-order valence-corrected chi connectivity index (χ3v) is 4.55. The predicted molar refractivity (Wildman–Crippen MR) is 83.6 cm³/mol. The minimum absolute atomic E-state index is 0.0672. The summed E-state index contributed by atoms with van der Waals surface area (Å²) in [5, 5.41) is 11.2. The molecule has 0 aliphatic carbocycles. The highest BCUT2D eigenvalue weighted by atomic mass is 35.5. The molecule has 2 heterocycles. The Bertz CT molecular complexity index is 707. The van der Waals surface area contributed by atoms with Gasteiger partial charge in [0.05, 0.1) is 12.0 Å². The summed E-state index contributed by atoms with van der Waals surface area (Å²) in [6.07, 6.45) is 0.165. The molecule has 2 amide bonds. The second kappa shape index (κ2) is 6.02. The van der Waals surface area contributed by atoms with Gasteiger partial charge in [-0.2, -0.15) is 0 Å². The van der Waals surface area contributed by atoms with E-state index in [4.69, 9.17) is 11.6 Å². The molecule has 3 rings (SSSR count). The Morgan fingerprint density at radius 2 is 2.32 bits per heavy atom. The number of aromatic nitrogens is 2. The van der Waals surface area contributed by atoms with E-state index in [1.165, 1.54) is 16.8 Å². The fourth-order valence-electron chi connectivity index (χ4n) is 2.68. The Labute approximate surface area is 136 Å². The van der Waals surface area contributed by atoms with Gasteiger partial charge in [0.15, 0.2) is 0 Å². The maximum absolute atomic E-state index is 12.5. The summed E-state index contributed by atoms with van der Waals surface area (Å²) >= 11 is 7.27. The number of anilines is 1. The summed E-state index contributed by atoms with van der Waals surface area (Å²) in [6.45, 7) is 0. The van der Waals surface area contributed by atoms with Crippen molar-refractivity contribution < 1.29 is 9.59 Å². The second-order valence-corrected chi connectivity index (χ2v) is 6.32. The first-order valence-corrected chi connectivity index (χ1v) is 7.90. The zero-order valence-electron chi connectivity index (χ0n) is 11.7. The molecule has 114 valence electrons. The van der Waals surface area contributed by atoms with Crippen LogP contribution >= 0.6 is 22.9 Å². The number of carbonyl (C=O) groups is 2. The lowest BCUT2D eigenvalue weighted by atomic mass is 9.93. The highest BCUT2D eigenvalue weighted by Crippen LogP contribution is 2.38. The molecular formula is C14H13ClN4O2S. The van der Waals surface area contributed by atoms with E-state index in [0.717, 1.165) is 5.56 Å². The van der Waals surface area contributed by atoms with Gasteiger partial charge in [0.25, 0.3) is 0 Å². The van der Waals surface area contributed by atoms with Crippen LogP contribution < -0.4 is 5.32 Å². The highest BCUT2D eigenvalue weighted by molar-refractivity contribution is 7.13. The van der Waals surface area contributed by atoms with Crippen LogP contribution in [0, 0.1) is 5.92 Å². The Hall–Kier alpha value is -1.99. The van der Waals surface area contributed by atoms with Crippen molar-refractivity contribution in [2.75, 3.05) is 12.4 Å². The molecule has 2 aromatic rings. The SMILES string of the molecule is CN1C(=O)C[C@H](C(=O)Nc2nncs2)[C@@H]1c1cccc(Cl)c1. The first kappa shape index (κ1) is 14.9. The van der Waals surface area contributed by atoms with Crippen LogP contribution in [0.1, 0.15) is 18.0 Å². The second-order valence-electron chi connectivity index (χ2n) is 5.05. The number of nitrogens with zero attached hydrogens (tertiary/aromatic N) is 3. The summed E-state index contributed by atoms with van der Waals surface area (Å²) in [4.78, 5) is 26.1. The number of carbonyl (C=O) groups excluding carboxylic acids is 2. The molecule has 1 N–H and O–H groups in total. The van der Waals surface area contributed by atoms with Gasteiger partial charge >= 0.3 is 0 Å². The maximum atomic E-state index is 12.5. The summed E-state index contributed by atoms with van der Waals surface area (Å²) in [5.74, 6) is -0.790. The molecule has 0 saturated carbocycles. The molecule has 0 radical (unpaired) electrons. The van der Waals surface area contributed by atoms with Crippen molar-refractivity contribution in [3.05, 3.63) is 40.4 Å². The van der Waals surface area contributed by atoms with E-state index in [9.17, 15) is 9.59 Å². The predicted octanol–water partition coefficient (Wildman–Crippen LogP) is 2.35. The van der Waals surface area contributed by atoms with Gasteiger partial charge in [-0.05, 0) is 17.7 Å². The summed E-state index contributed by atoms with van der Waals surface area (Å²) in [5.41, 5.74) is 2.38. The number of rotatable bonds is 3. The highest BCUT2D eigenvalue weighted by Gasteiger charge is 2.42. The number of hydrogen-bond acceptors (Lipinski definition) is 5. The number of nitrogens with one attached hydrogen (secondary N) is 1. The van der Waals surface area contributed by atoms with Crippen LogP contribution in [-0.2, 0) is 9.59 Å². The van der Waals surface area contributed by atoms with Gasteiger partial charge in [0, 0.05) is 18.5 Å². The van der Waals surface area contributed by atoms with Gasteiger partial charge in [-0.15, -0.1) is 10.2 Å². The third kappa shape index (κ3) is 2.82. The van der Waals surface area contributed by atoms with Crippen molar-refractivity contribution in [3.63, 3.8) is 0 Å². The summed E-state index contributed by atoms with van der Waals surface area (Å²) in [6, 6.07) is 6.90. The molecule has 1 fully saturated rings. The van der Waals surface area contributed by atoms with Crippen LogP contribution in [0.15, 0.2) is 29.8 Å². The van der Waals surface area contributed by atoms with Crippen LogP contribution in [0.25, 0.3) is 0 Å². The minimum atomic E-state index is -0.486. The fourth-order valence-corrected chi connectivity index (χ4v) is 3.32. The van der Waals surface area contributed by atoms with Crippen molar-refractivity contribution in [2.24, 2.45) is 5.92 Å². The average molecular weight is 337 g/mol. The first-order valence-electron chi connectivity index (χ1n) is 6.64. The molecule has 22 heavy (non-hydrogen) atoms. The average Bonchev–Trinajstić information content (AvgIpc) is 3.08. The standard InChI is InChI=1S/C14H13ClN4O2S/c1-19-11(20)6-10(13(21)17-14-18-16-7-22-14)12(19)8-3-2-4-9(15)5-8/h2-5,7,10,12H,6H2,1H3,(H,17,18,21)/t10-,12-/m0/s1. The van der Waals surface area contributed by atoms with Gasteiger partial charge in [-0.25, -0.2) is 0 Å². The molecule has 1 aromatic carbocycles. The molecular weight excluding hydrogens is 324 g/mol. The van der Waals surface area contributed by atoms with E-state index in [0.29, 0.717) is 10.2 Å². The molecule has 0 bridgehead atoms. The van der Waals surface area contributed by atoms with Crippen LogP contribution in [0.5, 0.6) is 0 Å². The summed E-state index contributed by atoms with van der Waals surface area (Å²) < 4.78 is 0. The fraction of sp³-hybridized carbons (Fsp3) is 0.286. The zero-order chi connectivity index (χ0) is 15.7. The first-order chi connectivity index (χ1) is 10.6. The van der Waals surface area contributed by atoms with E-state index in [2.05, 4.69) is 15.5 Å². The molecule has 2 atom stereocenters. The molecule has 8 heteroatoms. The van der Waals surface area contributed by atoms with E-state index < -0.39 is 5.92 Å². The number of likely N-dealkylation sites (tertiary alicyclic amines) is 1. The Kier molecular flexibility index (Phi) is 4.08. The minimum Gasteiger partial charge on any atom is -0.338 e. The summed E-state index contributed by atoms with van der Waals surface area (Å²) in [7, 11) is 1.70. The van der Waals surface area contributed by atoms with E-state index in [1.54, 1.807) is 24.1 Å². The number of amides is 2. The maximum Gasteiger partial charge on any atom is 0.232 e. The molecule has 1 aromatic heterocycles. The van der Waals surface area contributed by atoms with Crippen molar-refractivity contribution in [1.29, 1.82) is 0 Å². The van der Waals surface area contributed by atoms with Gasteiger partial charge < -0.3 is 10.2 Å². The van der Waals surface area contributed by atoms with Gasteiger partial charge in [-0.1, -0.05) is 35.1 Å². The lowest BCUT2D eigenvalue weighted by molar-refractivity contribution is -0.127. The van der Waals surface area contributed by atoms with E-state index in [-0.39, 0.29) is 24.3 Å². The molecule has 1 aliphatic rings. The monoisotopic (exact) mass is 336 g/mol. The Balaban J connectivity index is 1.88. The van der Waals surface area contributed by atoms with E-state index in [1.807, 2.05) is 12.1 Å². The third-order valence-electron chi connectivity index (χ3n) is 3.70. The lowest BCUT2D eigenvalue weighted by Crippen LogP contribution is -2.30. The number of benzene rings is 1. The van der Waals surface area contributed by atoms with Crippen LogP contribution in [0.2, 0.25) is 5.02 Å². The van der Waals surface area contributed by atoms with Crippen LogP contribution in [0.3, 0.4) is 0 Å². The normalized spacial score (nSPS) is 21.2. The largest absolute Gasteiger partial charge is 0.338 e. The van der Waals surface area contributed by atoms with Gasteiger partial charge in [-0.3, -0.25) is 9.59 Å². The molecule has 1 aliphatic heterocycles. The van der Waals surface area contributed by atoms with Gasteiger partial charge in [0.2, 0.25) is 16.9 Å². The smallest absolute Gasteiger partial charge is 0.232 e. The van der Waals surface area contributed by atoms with E-state index >= 15 is 0 Å². The van der Waals surface area contributed by atoms with Crippen LogP contribution in [-0.4, -0.2) is 34.0 Å². The molecule has 6 nitrogen and oxygen atoms in total. The lowest BCUT2D eigenvalue weighted by Gasteiger charge is -2.24. The topological polar surface area (TPSA) is 75.2 Å². The van der Waals surface area contributed by atoms with Crippen molar-refractivity contribution in [3.8, 4) is 0 Å². The van der Waals surface area contributed by atoms with Crippen molar-refractivity contribution >= 4 is 39.9 Å². The number of hydrogen-bond donors (Lipinski definition) is 1. The molecule has 0 spiro atoms. The molecule has 0 unspecified atom stereocenters. The quantitative estimate of drug-likeness (QED) is 0.933. The molecule has 1 saturated heterocycles. The Morgan fingerprint density at radius 3 is 3.00 bits per heavy atom.